The highest BCUT2D eigenvalue weighted by molar-refractivity contribution is 7.99. The Balaban J connectivity index is 2.09. The standard InChI is InChI=1S/C16H28N2O2S/c1-3-21-11-7-10-18-13(2)12-14(19)17-16(15(18)20)8-5-4-6-9-16/h13H,3-12H2,1-2H3,(H,17,19). The van der Waals surface area contributed by atoms with Crippen LogP contribution in [0.25, 0.3) is 0 Å². The molecule has 2 amide bonds. The molecule has 0 bridgehead atoms. The van der Waals surface area contributed by atoms with Gasteiger partial charge in [0.05, 0.1) is 0 Å². The molecule has 1 spiro atoms. The van der Waals surface area contributed by atoms with Crippen LogP contribution in [0.4, 0.5) is 0 Å². The molecule has 1 saturated carbocycles. The number of rotatable bonds is 5. The minimum atomic E-state index is -0.599. The van der Waals surface area contributed by atoms with E-state index in [0.717, 1.165) is 50.2 Å². The van der Waals surface area contributed by atoms with Crippen LogP contribution in [0.2, 0.25) is 0 Å². The molecule has 1 aliphatic carbocycles. The number of carbonyl (C=O) groups is 2. The van der Waals surface area contributed by atoms with Gasteiger partial charge in [-0.15, -0.1) is 0 Å². The molecule has 120 valence electrons. The van der Waals surface area contributed by atoms with E-state index in [-0.39, 0.29) is 17.9 Å². The van der Waals surface area contributed by atoms with Crippen LogP contribution in [0.5, 0.6) is 0 Å². The Kier molecular flexibility index (Phi) is 5.97. The first-order valence-corrected chi connectivity index (χ1v) is 9.44. The van der Waals surface area contributed by atoms with Gasteiger partial charge in [-0.1, -0.05) is 26.2 Å². The van der Waals surface area contributed by atoms with E-state index < -0.39 is 5.54 Å². The molecule has 2 fully saturated rings. The fourth-order valence-electron chi connectivity index (χ4n) is 3.52. The average Bonchev–Trinajstić information content (AvgIpc) is 2.54. The van der Waals surface area contributed by atoms with Gasteiger partial charge in [0.25, 0.3) is 0 Å². The molecule has 0 aromatic rings. The number of nitrogens with zero attached hydrogens (tertiary/aromatic N) is 1. The normalized spacial score (nSPS) is 25.8. The Morgan fingerprint density at radius 3 is 2.67 bits per heavy atom. The van der Waals surface area contributed by atoms with E-state index in [4.69, 9.17) is 0 Å². The quantitative estimate of drug-likeness (QED) is 0.794. The van der Waals surface area contributed by atoms with E-state index in [2.05, 4.69) is 12.2 Å². The Morgan fingerprint density at radius 1 is 1.29 bits per heavy atom. The lowest BCUT2D eigenvalue weighted by Crippen LogP contribution is -2.58. The van der Waals surface area contributed by atoms with Gasteiger partial charge >= 0.3 is 0 Å². The largest absolute Gasteiger partial charge is 0.342 e. The molecule has 4 nitrogen and oxygen atoms in total. The molecular weight excluding hydrogens is 284 g/mol. The SMILES string of the molecule is CCSCCCN1C(=O)C2(CCCCC2)NC(=O)CC1C. The van der Waals surface area contributed by atoms with Gasteiger partial charge in [0.15, 0.2) is 0 Å². The maximum atomic E-state index is 13.0. The van der Waals surface area contributed by atoms with Crippen molar-refractivity contribution in [3.05, 3.63) is 0 Å². The molecule has 1 unspecified atom stereocenters. The molecule has 1 heterocycles. The fraction of sp³-hybridized carbons (Fsp3) is 0.875. The molecule has 1 atom stereocenters. The molecule has 0 radical (unpaired) electrons. The van der Waals surface area contributed by atoms with Crippen LogP contribution in [-0.2, 0) is 9.59 Å². The smallest absolute Gasteiger partial charge is 0.248 e. The Hall–Kier alpha value is -0.710. The van der Waals surface area contributed by atoms with Crippen molar-refractivity contribution >= 4 is 23.6 Å². The third kappa shape index (κ3) is 3.93. The van der Waals surface area contributed by atoms with Crippen molar-refractivity contribution in [2.45, 2.75) is 70.4 Å². The van der Waals surface area contributed by atoms with Gasteiger partial charge in [-0.2, -0.15) is 11.8 Å². The van der Waals surface area contributed by atoms with Crippen molar-refractivity contribution in [3.63, 3.8) is 0 Å². The van der Waals surface area contributed by atoms with Crippen molar-refractivity contribution in [1.82, 2.24) is 10.2 Å². The summed E-state index contributed by atoms with van der Waals surface area (Å²) in [6.07, 6.45) is 6.33. The topological polar surface area (TPSA) is 49.4 Å². The lowest BCUT2D eigenvalue weighted by Gasteiger charge is -2.39. The second-order valence-electron chi connectivity index (χ2n) is 6.29. The Bertz CT molecular complexity index is 380. The number of amides is 2. The van der Waals surface area contributed by atoms with Crippen molar-refractivity contribution in [3.8, 4) is 0 Å². The number of thioether (sulfide) groups is 1. The van der Waals surface area contributed by atoms with Crippen molar-refractivity contribution in [2.75, 3.05) is 18.1 Å². The Labute approximate surface area is 132 Å². The summed E-state index contributed by atoms with van der Waals surface area (Å²) in [6, 6.07) is 0.0189. The van der Waals surface area contributed by atoms with Crippen LogP contribution in [-0.4, -0.2) is 46.3 Å². The molecule has 2 rings (SSSR count). The molecule has 0 aromatic heterocycles. The molecule has 1 aliphatic heterocycles. The van der Waals surface area contributed by atoms with E-state index in [1.807, 2.05) is 23.6 Å². The lowest BCUT2D eigenvalue weighted by atomic mass is 9.80. The summed E-state index contributed by atoms with van der Waals surface area (Å²) in [4.78, 5) is 27.2. The summed E-state index contributed by atoms with van der Waals surface area (Å²) in [5.41, 5.74) is -0.599. The zero-order valence-electron chi connectivity index (χ0n) is 13.3. The maximum absolute atomic E-state index is 13.0. The van der Waals surface area contributed by atoms with Gasteiger partial charge in [0.2, 0.25) is 11.8 Å². The third-order valence-corrected chi connectivity index (χ3v) is 5.65. The molecule has 1 saturated heterocycles. The predicted molar refractivity (Wildman–Crippen MR) is 87.4 cm³/mol. The van der Waals surface area contributed by atoms with Crippen molar-refractivity contribution in [2.24, 2.45) is 0 Å². The van der Waals surface area contributed by atoms with E-state index in [1.165, 1.54) is 6.42 Å². The molecule has 1 N–H and O–H groups in total. The van der Waals surface area contributed by atoms with Gasteiger partial charge in [0.1, 0.15) is 5.54 Å². The third-order valence-electron chi connectivity index (χ3n) is 4.66. The van der Waals surface area contributed by atoms with Crippen LogP contribution in [0.3, 0.4) is 0 Å². The zero-order chi connectivity index (χ0) is 15.3. The first kappa shape index (κ1) is 16.7. The second kappa shape index (κ2) is 7.52. The minimum absolute atomic E-state index is 0.0189. The van der Waals surface area contributed by atoms with E-state index in [1.54, 1.807) is 0 Å². The van der Waals surface area contributed by atoms with E-state index in [0.29, 0.717) is 6.42 Å². The molecule has 5 heteroatoms. The summed E-state index contributed by atoms with van der Waals surface area (Å²) < 4.78 is 0. The lowest BCUT2D eigenvalue weighted by molar-refractivity contribution is -0.141. The van der Waals surface area contributed by atoms with E-state index in [9.17, 15) is 9.59 Å². The summed E-state index contributed by atoms with van der Waals surface area (Å²) in [5, 5.41) is 3.07. The van der Waals surface area contributed by atoms with Crippen LogP contribution in [0, 0.1) is 0 Å². The molecular formula is C16H28N2O2S. The summed E-state index contributed by atoms with van der Waals surface area (Å²) in [5.74, 6) is 2.42. The maximum Gasteiger partial charge on any atom is 0.248 e. The summed E-state index contributed by atoms with van der Waals surface area (Å²) in [6.45, 7) is 4.94. The average molecular weight is 312 g/mol. The molecule has 2 aliphatic rings. The molecule has 0 aromatic carbocycles. The van der Waals surface area contributed by atoms with Gasteiger partial charge in [-0.3, -0.25) is 9.59 Å². The highest BCUT2D eigenvalue weighted by Gasteiger charge is 2.46. The highest BCUT2D eigenvalue weighted by atomic mass is 32.2. The summed E-state index contributed by atoms with van der Waals surface area (Å²) >= 11 is 1.91. The zero-order valence-corrected chi connectivity index (χ0v) is 14.1. The van der Waals surface area contributed by atoms with Gasteiger partial charge in [0, 0.05) is 19.0 Å². The van der Waals surface area contributed by atoms with Crippen LogP contribution in [0.1, 0.15) is 58.8 Å². The predicted octanol–water partition coefficient (Wildman–Crippen LogP) is 2.57. The number of nitrogens with one attached hydrogen (secondary N) is 1. The highest BCUT2D eigenvalue weighted by Crippen LogP contribution is 2.32. The Morgan fingerprint density at radius 2 is 2.00 bits per heavy atom. The first-order chi connectivity index (χ1) is 10.1. The van der Waals surface area contributed by atoms with Crippen molar-refractivity contribution in [1.29, 1.82) is 0 Å². The summed E-state index contributed by atoms with van der Waals surface area (Å²) in [7, 11) is 0. The minimum Gasteiger partial charge on any atom is -0.342 e. The van der Waals surface area contributed by atoms with Gasteiger partial charge < -0.3 is 10.2 Å². The van der Waals surface area contributed by atoms with Crippen LogP contribution in [0.15, 0.2) is 0 Å². The second-order valence-corrected chi connectivity index (χ2v) is 7.69. The monoisotopic (exact) mass is 312 g/mol. The number of hydrogen-bond acceptors (Lipinski definition) is 3. The molecule has 21 heavy (non-hydrogen) atoms. The van der Waals surface area contributed by atoms with E-state index >= 15 is 0 Å². The van der Waals surface area contributed by atoms with Crippen LogP contribution < -0.4 is 5.32 Å². The number of carbonyl (C=O) groups excluding carboxylic acids is 2. The van der Waals surface area contributed by atoms with Crippen LogP contribution >= 0.6 is 11.8 Å². The van der Waals surface area contributed by atoms with Gasteiger partial charge in [-0.05, 0) is 37.7 Å². The number of hydrogen-bond donors (Lipinski definition) is 1. The van der Waals surface area contributed by atoms with Gasteiger partial charge in [-0.25, -0.2) is 0 Å². The van der Waals surface area contributed by atoms with Crippen molar-refractivity contribution < 1.29 is 9.59 Å². The fourth-order valence-corrected chi connectivity index (χ4v) is 4.14. The first-order valence-electron chi connectivity index (χ1n) is 8.29.